The van der Waals surface area contributed by atoms with Crippen molar-refractivity contribution in [2.24, 2.45) is 0 Å². The normalized spacial score (nSPS) is 30.8. The Labute approximate surface area is 253 Å². The minimum absolute atomic E-state index is 0.0384. The van der Waals surface area contributed by atoms with E-state index in [1.807, 2.05) is 0 Å². The average molecular weight is 655 g/mol. The van der Waals surface area contributed by atoms with Crippen molar-refractivity contribution in [1.82, 2.24) is 0 Å². The highest BCUT2D eigenvalue weighted by Gasteiger charge is 2.67. The lowest BCUT2D eigenvalue weighted by atomic mass is 9.71. The Hall–Kier alpha value is -2.66. The van der Waals surface area contributed by atoms with Crippen LogP contribution >= 0.6 is 0 Å². The van der Waals surface area contributed by atoms with Crippen molar-refractivity contribution < 1.29 is 94.8 Å². The number of aliphatic hydroxyl groups is 12. The Morgan fingerprint density at radius 2 is 0.956 bits per heavy atom. The number of aliphatic hydroxyl groups excluding tert-OH is 8. The standard InChI is InChI=1S/C26H38O19/c27-9-11(29)15(33)17(35)25(43,19(37)23(41)7-3-1-5-13(23)31)21(39)45-22(40)26(44,18(36)16(34)12(30)10-28)20(38)24(42)8-4-2-6-14(24)32/h11-14,17-18,27-32,35-36,41-44H,1-10H2. The van der Waals surface area contributed by atoms with Crippen molar-refractivity contribution in [2.75, 3.05) is 13.2 Å². The molecule has 19 nitrogen and oxygen atoms in total. The number of esters is 2. The molecular weight excluding hydrogens is 616 g/mol. The first-order valence-electron chi connectivity index (χ1n) is 13.9. The number of hydrogen-bond donors (Lipinski definition) is 12. The highest BCUT2D eigenvalue weighted by Crippen LogP contribution is 2.37. The van der Waals surface area contributed by atoms with Crippen LogP contribution in [0.5, 0.6) is 0 Å². The number of ether oxygens (including phenoxy) is 1. The molecule has 0 heterocycles. The number of carbonyl (C=O) groups is 6. The number of Topliss-reactive ketones (excluding diaryl/α,β-unsaturated/α-hetero) is 4. The van der Waals surface area contributed by atoms with E-state index < -0.39 is 120 Å². The number of rotatable bonds is 14. The van der Waals surface area contributed by atoms with E-state index in [0.717, 1.165) is 0 Å². The zero-order chi connectivity index (χ0) is 34.7. The van der Waals surface area contributed by atoms with Crippen molar-refractivity contribution in [3.63, 3.8) is 0 Å². The zero-order valence-electron chi connectivity index (χ0n) is 23.8. The number of carbonyl (C=O) groups excluding carboxylic acids is 6. The van der Waals surface area contributed by atoms with Gasteiger partial charge in [0.05, 0.1) is 25.4 Å². The van der Waals surface area contributed by atoms with Gasteiger partial charge < -0.3 is 66.0 Å². The van der Waals surface area contributed by atoms with E-state index >= 15 is 0 Å². The van der Waals surface area contributed by atoms with Gasteiger partial charge in [-0.3, -0.25) is 19.2 Å². The Morgan fingerprint density at radius 3 is 1.22 bits per heavy atom. The van der Waals surface area contributed by atoms with Gasteiger partial charge in [-0.25, -0.2) is 9.59 Å². The molecule has 2 aliphatic carbocycles. The highest BCUT2D eigenvalue weighted by molar-refractivity contribution is 6.21. The molecule has 2 rings (SSSR count). The summed E-state index contributed by atoms with van der Waals surface area (Å²) in [5.74, 6) is -14.3. The molecule has 256 valence electrons. The van der Waals surface area contributed by atoms with E-state index in [-0.39, 0.29) is 38.5 Å². The van der Waals surface area contributed by atoms with Crippen molar-refractivity contribution in [2.45, 2.75) is 110 Å². The molecule has 0 aromatic rings. The van der Waals surface area contributed by atoms with Gasteiger partial charge >= 0.3 is 11.9 Å². The molecule has 0 radical (unpaired) electrons. The van der Waals surface area contributed by atoms with E-state index in [4.69, 9.17) is 10.2 Å². The van der Waals surface area contributed by atoms with Crippen LogP contribution in [0.4, 0.5) is 0 Å². The fourth-order valence-electron chi connectivity index (χ4n) is 5.32. The van der Waals surface area contributed by atoms with E-state index in [2.05, 4.69) is 4.74 Å². The van der Waals surface area contributed by atoms with Gasteiger partial charge in [0, 0.05) is 0 Å². The molecule has 0 amide bonds. The number of hydrogen-bond acceptors (Lipinski definition) is 19. The first-order chi connectivity index (χ1) is 20.7. The van der Waals surface area contributed by atoms with Crippen LogP contribution < -0.4 is 0 Å². The lowest BCUT2D eigenvalue weighted by Crippen LogP contribution is -2.72. The van der Waals surface area contributed by atoms with Gasteiger partial charge in [0.1, 0.15) is 12.2 Å². The molecule has 10 unspecified atom stereocenters. The molecule has 19 heteroatoms. The third-order valence-electron chi connectivity index (χ3n) is 8.29. The Bertz CT molecular complexity index is 1080. The van der Waals surface area contributed by atoms with Crippen LogP contribution in [0.15, 0.2) is 0 Å². The minimum atomic E-state index is -4.47. The van der Waals surface area contributed by atoms with Crippen LogP contribution in [0.2, 0.25) is 0 Å². The van der Waals surface area contributed by atoms with E-state index in [1.165, 1.54) is 0 Å². The number of ketones is 4. The van der Waals surface area contributed by atoms with Gasteiger partial charge in [0.2, 0.25) is 11.6 Å². The average Bonchev–Trinajstić information content (AvgIpc) is 3.03. The quantitative estimate of drug-likeness (QED) is 0.0611. The van der Waals surface area contributed by atoms with E-state index in [9.17, 15) is 79.8 Å². The fraction of sp³-hybridized carbons (Fsp3) is 0.769. The molecule has 0 bridgehead atoms. The third kappa shape index (κ3) is 6.75. The van der Waals surface area contributed by atoms with Crippen LogP contribution in [0.1, 0.15) is 51.4 Å². The monoisotopic (exact) mass is 654 g/mol. The maximum absolute atomic E-state index is 13.4. The second kappa shape index (κ2) is 14.4. The molecule has 12 N–H and O–H groups in total. The summed E-state index contributed by atoms with van der Waals surface area (Å²) in [4.78, 5) is 78.4. The minimum Gasteiger partial charge on any atom is -0.393 e. The molecule has 10 atom stereocenters. The fourth-order valence-corrected chi connectivity index (χ4v) is 5.32. The van der Waals surface area contributed by atoms with Gasteiger partial charge in [-0.05, 0) is 38.5 Å². The molecule has 2 aliphatic rings. The Balaban J connectivity index is 2.69. The van der Waals surface area contributed by atoms with Crippen LogP contribution in [0.25, 0.3) is 0 Å². The highest BCUT2D eigenvalue weighted by atomic mass is 16.6. The maximum Gasteiger partial charge on any atom is 0.357 e. The Kier molecular flexibility index (Phi) is 12.3. The first kappa shape index (κ1) is 38.5. The summed E-state index contributed by atoms with van der Waals surface area (Å²) >= 11 is 0. The van der Waals surface area contributed by atoms with Gasteiger partial charge in [0.15, 0.2) is 35.0 Å². The summed E-state index contributed by atoms with van der Waals surface area (Å²) in [6.45, 7) is -2.92. The molecule has 0 aromatic heterocycles. The molecule has 2 fully saturated rings. The lowest BCUT2D eigenvalue weighted by molar-refractivity contribution is -0.213. The summed E-state index contributed by atoms with van der Waals surface area (Å²) in [6.07, 6.45) is -18.0. The van der Waals surface area contributed by atoms with E-state index in [1.54, 1.807) is 0 Å². The lowest BCUT2D eigenvalue weighted by Gasteiger charge is -2.42. The predicted octanol–water partition coefficient (Wildman–Crippen LogP) is -7.44. The second-order valence-corrected chi connectivity index (χ2v) is 11.2. The van der Waals surface area contributed by atoms with Crippen molar-refractivity contribution in [3.8, 4) is 0 Å². The molecule has 2 saturated carbocycles. The molecular formula is C26H38O19. The van der Waals surface area contributed by atoms with Crippen LogP contribution in [-0.4, -0.2) is 169 Å². The van der Waals surface area contributed by atoms with Crippen LogP contribution in [-0.2, 0) is 33.5 Å². The zero-order valence-corrected chi connectivity index (χ0v) is 23.8. The smallest absolute Gasteiger partial charge is 0.357 e. The summed E-state index contributed by atoms with van der Waals surface area (Å²) in [5.41, 5.74) is -15.2. The van der Waals surface area contributed by atoms with Crippen LogP contribution in [0, 0.1) is 0 Å². The first-order valence-corrected chi connectivity index (χ1v) is 13.9. The van der Waals surface area contributed by atoms with Crippen molar-refractivity contribution in [3.05, 3.63) is 0 Å². The van der Waals surface area contributed by atoms with Crippen molar-refractivity contribution in [1.29, 1.82) is 0 Å². The largest absolute Gasteiger partial charge is 0.393 e. The summed E-state index contributed by atoms with van der Waals surface area (Å²) in [5, 5.41) is 123. The SMILES string of the molecule is O=C(C(O)CO)C(O)C(O)(C(=O)OC(=O)C(O)(C(=O)C1(O)CCCCC1O)C(O)C(=O)C(O)CO)C(=O)C1(O)CCCCC1O. The molecule has 45 heavy (non-hydrogen) atoms. The second-order valence-electron chi connectivity index (χ2n) is 11.2. The molecule has 0 aliphatic heterocycles. The summed E-state index contributed by atoms with van der Waals surface area (Å²) in [7, 11) is 0. The topological polar surface area (TPSA) is 354 Å². The summed E-state index contributed by atoms with van der Waals surface area (Å²) < 4.78 is 4.22. The third-order valence-corrected chi connectivity index (χ3v) is 8.29. The predicted molar refractivity (Wildman–Crippen MR) is 138 cm³/mol. The van der Waals surface area contributed by atoms with Gasteiger partial charge in [-0.15, -0.1) is 0 Å². The molecule has 0 aromatic carbocycles. The Morgan fingerprint density at radius 1 is 0.644 bits per heavy atom. The maximum atomic E-state index is 13.4. The molecule has 0 spiro atoms. The van der Waals surface area contributed by atoms with Gasteiger partial charge in [-0.1, -0.05) is 12.8 Å². The van der Waals surface area contributed by atoms with Gasteiger partial charge in [0.25, 0.3) is 11.2 Å². The van der Waals surface area contributed by atoms with Crippen LogP contribution in [0.3, 0.4) is 0 Å². The molecule has 0 saturated heterocycles. The summed E-state index contributed by atoms with van der Waals surface area (Å²) in [6, 6.07) is 0. The van der Waals surface area contributed by atoms with Crippen molar-refractivity contribution >= 4 is 35.1 Å². The van der Waals surface area contributed by atoms with E-state index in [0.29, 0.717) is 0 Å². The van der Waals surface area contributed by atoms with Gasteiger partial charge in [-0.2, -0.15) is 0 Å².